The molecule has 2 aromatic carbocycles. The van der Waals surface area contributed by atoms with E-state index in [2.05, 4.69) is 11.9 Å². The molecule has 0 unspecified atom stereocenters. The van der Waals surface area contributed by atoms with E-state index in [0.717, 1.165) is 38.6 Å². The van der Waals surface area contributed by atoms with Crippen molar-refractivity contribution in [2.75, 3.05) is 6.61 Å². The second kappa shape index (κ2) is 6.18. The molecular weight excluding hydrogens is 338 g/mol. The third-order valence-corrected chi connectivity index (χ3v) is 4.93. The number of thiazole rings is 1. The van der Waals surface area contributed by atoms with E-state index < -0.39 is 4.92 Å². The summed E-state index contributed by atoms with van der Waals surface area (Å²) in [5, 5.41) is 10.8. The van der Waals surface area contributed by atoms with Crippen molar-refractivity contribution in [3.8, 4) is 17.0 Å². The lowest BCUT2D eigenvalue weighted by Crippen LogP contribution is -1.94. The predicted octanol–water partition coefficient (Wildman–Crippen LogP) is 4.91. The zero-order chi connectivity index (χ0) is 17.4. The molecular formula is C18H15N3O3S. The standard InChI is InChI=1S/C18H15N3O3S/c1-2-9-24-14-7-8-16-17(10-14)25-18-19-15(11-20(16)18)12-3-5-13(6-4-12)21(22)23/h3-8,10-11H,2,9H2,1H3. The third kappa shape index (κ3) is 2.83. The van der Waals surface area contributed by atoms with Crippen LogP contribution in [-0.4, -0.2) is 20.9 Å². The van der Waals surface area contributed by atoms with Crippen LogP contribution in [0.1, 0.15) is 13.3 Å². The summed E-state index contributed by atoms with van der Waals surface area (Å²) in [5.74, 6) is 0.870. The molecule has 6 nitrogen and oxygen atoms in total. The predicted molar refractivity (Wildman–Crippen MR) is 98.5 cm³/mol. The van der Waals surface area contributed by atoms with Crippen LogP contribution in [0.5, 0.6) is 5.75 Å². The van der Waals surface area contributed by atoms with Crippen molar-refractivity contribution in [2.24, 2.45) is 0 Å². The van der Waals surface area contributed by atoms with Gasteiger partial charge in [-0.25, -0.2) is 4.98 Å². The summed E-state index contributed by atoms with van der Waals surface area (Å²) < 4.78 is 8.84. The summed E-state index contributed by atoms with van der Waals surface area (Å²) in [6.45, 7) is 2.79. The number of nitrogens with zero attached hydrogens (tertiary/aromatic N) is 3. The molecule has 0 spiro atoms. The fourth-order valence-electron chi connectivity index (χ4n) is 2.68. The van der Waals surface area contributed by atoms with Crippen LogP contribution in [0.4, 0.5) is 5.69 Å². The molecule has 4 aromatic rings. The number of ether oxygens (including phenoxy) is 1. The van der Waals surface area contributed by atoms with E-state index in [1.807, 2.05) is 28.8 Å². The lowest BCUT2D eigenvalue weighted by atomic mass is 10.1. The normalized spacial score (nSPS) is 11.2. The van der Waals surface area contributed by atoms with E-state index in [0.29, 0.717) is 6.61 Å². The van der Waals surface area contributed by atoms with Crippen molar-refractivity contribution in [1.82, 2.24) is 9.38 Å². The van der Waals surface area contributed by atoms with Gasteiger partial charge in [0.05, 0.1) is 27.4 Å². The highest BCUT2D eigenvalue weighted by atomic mass is 32.1. The monoisotopic (exact) mass is 353 g/mol. The van der Waals surface area contributed by atoms with Crippen LogP contribution in [-0.2, 0) is 0 Å². The number of imidazole rings is 1. The number of hydrogen-bond acceptors (Lipinski definition) is 5. The Morgan fingerprint density at radius 3 is 2.76 bits per heavy atom. The van der Waals surface area contributed by atoms with Crippen LogP contribution in [0, 0.1) is 10.1 Å². The first-order valence-electron chi connectivity index (χ1n) is 7.95. The van der Waals surface area contributed by atoms with Crippen LogP contribution in [0.2, 0.25) is 0 Å². The molecule has 2 heterocycles. The van der Waals surface area contributed by atoms with Gasteiger partial charge >= 0.3 is 0 Å². The number of benzene rings is 2. The van der Waals surface area contributed by atoms with E-state index >= 15 is 0 Å². The first kappa shape index (κ1) is 15.6. The van der Waals surface area contributed by atoms with Crippen molar-refractivity contribution < 1.29 is 9.66 Å². The molecule has 7 heteroatoms. The van der Waals surface area contributed by atoms with Crippen molar-refractivity contribution in [2.45, 2.75) is 13.3 Å². The van der Waals surface area contributed by atoms with Crippen LogP contribution >= 0.6 is 11.3 Å². The topological polar surface area (TPSA) is 69.7 Å². The summed E-state index contributed by atoms with van der Waals surface area (Å²) in [5.41, 5.74) is 2.81. The number of aromatic nitrogens is 2. The van der Waals surface area contributed by atoms with E-state index in [1.54, 1.807) is 23.5 Å². The minimum Gasteiger partial charge on any atom is -0.494 e. The number of nitro groups is 1. The Bertz CT molecular complexity index is 1070. The Kier molecular flexibility index (Phi) is 3.85. The zero-order valence-corrected chi connectivity index (χ0v) is 14.3. The van der Waals surface area contributed by atoms with Gasteiger partial charge in [-0.15, -0.1) is 0 Å². The van der Waals surface area contributed by atoms with Gasteiger partial charge in [0.25, 0.3) is 5.69 Å². The van der Waals surface area contributed by atoms with Gasteiger partial charge in [-0.2, -0.15) is 0 Å². The van der Waals surface area contributed by atoms with Gasteiger partial charge in [-0.1, -0.05) is 18.3 Å². The molecule has 0 aliphatic carbocycles. The van der Waals surface area contributed by atoms with E-state index in [4.69, 9.17) is 4.74 Å². The van der Waals surface area contributed by atoms with Crippen LogP contribution < -0.4 is 4.74 Å². The molecule has 0 N–H and O–H groups in total. The van der Waals surface area contributed by atoms with Crippen molar-refractivity contribution in [3.05, 3.63) is 58.8 Å². The second-order valence-electron chi connectivity index (χ2n) is 5.66. The number of rotatable bonds is 5. The SMILES string of the molecule is CCCOc1ccc2c(c1)sc1nc(-c3ccc([N+](=O)[O-])cc3)cn12. The van der Waals surface area contributed by atoms with Gasteiger partial charge in [0.15, 0.2) is 4.96 Å². The number of nitro benzene ring substituents is 1. The Morgan fingerprint density at radius 1 is 1.24 bits per heavy atom. The summed E-state index contributed by atoms with van der Waals surface area (Å²) in [6, 6.07) is 12.5. The summed E-state index contributed by atoms with van der Waals surface area (Å²) in [6.07, 6.45) is 2.94. The van der Waals surface area contributed by atoms with Gasteiger partial charge in [0, 0.05) is 23.9 Å². The Balaban J connectivity index is 1.71. The summed E-state index contributed by atoms with van der Waals surface area (Å²) >= 11 is 1.60. The largest absolute Gasteiger partial charge is 0.494 e. The number of non-ortho nitro benzene ring substituents is 1. The third-order valence-electron chi connectivity index (χ3n) is 3.91. The molecule has 0 radical (unpaired) electrons. The summed E-state index contributed by atoms with van der Waals surface area (Å²) in [7, 11) is 0. The van der Waals surface area contributed by atoms with E-state index in [-0.39, 0.29) is 5.69 Å². The number of fused-ring (bicyclic) bond motifs is 3. The van der Waals surface area contributed by atoms with Crippen molar-refractivity contribution >= 4 is 32.2 Å². The Morgan fingerprint density at radius 2 is 2.04 bits per heavy atom. The molecule has 25 heavy (non-hydrogen) atoms. The lowest BCUT2D eigenvalue weighted by Gasteiger charge is -2.03. The van der Waals surface area contributed by atoms with Gasteiger partial charge in [0.2, 0.25) is 0 Å². The highest BCUT2D eigenvalue weighted by Gasteiger charge is 2.12. The Hall–Kier alpha value is -2.93. The highest BCUT2D eigenvalue weighted by molar-refractivity contribution is 7.23. The molecule has 0 aliphatic heterocycles. The van der Waals surface area contributed by atoms with Gasteiger partial charge in [-0.3, -0.25) is 14.5 Å². The minimum atomic E-state index is -0.402. The molecule has 0 fully saturated rings. The van der Waals surface area contributed by atoms with Crippen LogP contribution in [0.25, 0.3) is 26.4 Å². The molecule has 0 amide bonds. The van der Waals surface area contributed by atoms with Crippen molar-refractivity contribution in [1.29, 1.82) is 0 Å². The molecule has 2 aromatic heterocycles. The molecule has 0 atom stereocenters. The fourth-order valence-corrected chi connectivity index (χ4v) is 3.72. The maximum Gasteiger partial charge on any atom is 0.269 e. The quantitative estimate of drug-likeness (QED) is 0.377. The molecule has 0 saturated heterocycles. The van der Waals surface area contributed by atoms with Crippen LogP contribution in [0.15, 0.2) is 48.7 Å². The lowest BCUT2D eigenvalue weighted by molar-refractivity contribution is -0.384. The summed E-state index contributed by atoms with van der Waals surface area (Å²) in [4.78, 5) is 15.9. The van der Waals surface area contributed by atoms with Gasteiger partial charge < -0.3 is 4.74 Å². The smallest absolute Gasteiger partial charge is 0.269 e. The van der Waals surface area contributed by atoms with Gasteiger partial charge in [-0.05, 0) is 36.8 Å². The zero-order valence-electron chi connectivity index (χ0n) is 13.5. The first-order valence-corrected chi connectivity index (χ1v) is 8.76. The first-order chi connectivity index (χ1) is 12.2. The maximum absolute atomic E-state index is 10.8. The molecule has 126 valence electrons. The molecule has 0 saturated carbocycles. The maximum atomic E-state index is 10.8. The average Bonchev–Trinajstić information content (AvgIpc) is 3.17. The fraction of sp³-hybridized carbons (Fsp3) is 0.167. The van der Waals surface area contributed by atoms with Crippen LogP contribution in [0.3, 0.4) is 0 Å². The second-order valence-corrected chi connectivity index (χ2v) is 6.67. The minimum absolute atomic E-state index is 0.0785. The van der Waals surface area contributed by atoms with E-state index in [1.165, 1.54) is 12.1 Å². The Labute approximate surface area is 147 Å². The molecule has 0 aliphatic rings. The molecule has 4 rings (SSSR count). The average molecular weight is 353 g/mol. The number of hydrogen-bond donors (Lipinski definition) is 0. The van der Waals surface area contributed by atoms with E-state index in [9.17, 15) is 10.1 Å². The van der Waals surface area contributed by atoms with Crippen molar-refractivity contribution in [3.63, 3.8) is 0 Å². The molecule has 0 bridgehead atoms. The van der Waals surface area contributed by atoms with Gasteiger partial charge in [0.1, 0.15) is 5.75 Å². The highest BCUT2D eigenvalue weighted by Crippen LogP contribution is 2.32.